The van der Waals surface area contributed by atoms with Crippen molar-refractivity contribution < 1.29 is 29.7 Å². The summed E-state index contributed by atoms with van der Waals surface area (Å²) in [5.41, 5.74) is 7.18. The van der Waals surface area contributed by atoms with Gasteiger partial charge in [0, 0.05) is 44.0 Å². The molecule has 10 heteroatoms. The molecule has 0 heterocycles. The number of allylic oxidation sites excluding steroid dienone is 2. The number of hydrogen-bond acceptors (Lipinski definition) is 9. The van der Waals surface area contributed by atoms with Crippen molar-refractivity contribution in [2.75, 3.05) is 39.6 Å². The van der Waals surface area contributed by atoms with Crippen LogP contribution in [0, 0.1) is 23.2 Å². The lowest BCUT2D eigenvalue weighted by Crippen LogP contribution is -2.53. The number of anilines is 1. The van der Waals surface area contributed by atoms with Crippen molar-refractivity contribution in [3.05, 3.63) is 45.4 Å². The number of nitrogens with two attached hydrogens (primary N) is 1. The van der Waals surface area contributed by atoms with Crippen molar-refractivity contribution in [3.63, 3.8) is 0 Å². The summed E-state index contributed by atoms with van der Waals surface area (Å²) in [6.45, 7) is 7.33. The Morgan fingerprint density at radius 1 is 1.10 bits per heavy atom. The van der Waals surface area contributed by atoms with Crippen LogP contribution in [0.4, 0.5) is 5.69 Å². The number of carbonyl (C=O) groups is 3. The minimum atomic E-state index is -1.19. The number of fused-ring (bicyclic) bond motifs is 3. The van der Waals surface area contributed by atoms with Crippen molar-refractivity contribution >= 4 is 23.2 Å². The molecule has 1 aromatic rings. The topological polar surface area (TPSA) is 156 Å². The number of aliphatic hydroxyl groups is 2. The largest absolute Gasteiger partial charge is 0.511 e. The Morgan fingerprint density at radius 3 is 2.28 bits per heavy atom. The predicted octanol–water partition coefficient (Wildman–Crippen LogP) is 2.21. The molecule has 39 heavy (non-hydrogen) atoms. The van der Waals surface area contributed by atoms with Crippen molar-refractivity contribution in [1.82, 2.24) is 10.2 Å². The number of hydrogen-bond donors (Lipinski definition) is 5. The first kappa shape index (κ1) is 28.6. The molecule has 4 rings (SSSR count). The van der Waals surface area contributed by atoms with Crippen LogP contribution in [-0.4, -0.2) is 78.5 Å². The summed E-state index contributed by atoms with van der Waals surface area (Å²) >= 11 is 0. The summed E-state index contributed by atoms with van der Waals surface area (Å²) in [6.07, 6.45) is 0.685. The Hall–Kier alpha value is -3.37. The number of aliphatic hydroxyl groups excluding tert-OH is 2. The first-order valence-electron chi connectivity index (χ1n) is 13.2. The van der Waals surface area contributed by atoms with Crippen LogP contribution >= 0.6 is 0 Å². The van der Waals surface area contributed by atoms with Gasteiger partial charge in [-0.1, -0.05) is 20.8 Å². The fourth-order valence-electron chi connectivity index (χ4n) is 6.48. The zero-order chi connectivity index (χ0) is 29.1. The molecule has 1 amide bonds. The number of aromatic hydroxyl groups is 1. The van der Waals surface area contributed by atoms with Crippen LogP contribution in [0.1, 0.15) is 48.7 Å². The summed E-state index contributed by atoms with van der Waals surface area (Å²) in [5.74, 6) is -5.55. The Labute approximate surface area is 229 Å². The molecule has 0 fully saturated rings. The molecule has 0 saturated carbocycles. The molecule has 3 aliphatic rings. The maximum atomic E-state index is 14.0. The number of ketones is 2. The second kappa shape index (κ2) is 9.98. The highest BCUT2D eigenvalue weighted by atomic mass is 16.3. The maximum absolute atomic E-state index is 14.0. The number of likely N-dealkylation sites (N-methyl/N-ethyl adjacent to an activating group) is 1. The van der Waals surface area contributed by atoms with E-state index >= 15 is 0 Å². The zero-order valence-electron chi connectivity index (χ0n) is 23.8. The molecule has 6 N–H and O–H groups in total. The van der Waals surface area contributed by atoms with Gasteiger partial charge in [0.2, 0.25) is 0 Å². The fraction of sp³-hybridized carbons (Fsp3) is 0.552. The number of rotatable bonds is 6. The third-order valence-corrected chi connectivity index (χ3v) is 8.07. The van der Waals surface area contributed by atoms with Crippen molar-refractivity contribution in [3.8, 4) is 5.75 Å². The third kappa shape index (κ3) is 4.80. The highest BCUT2D eigenvalue weighted by molar-refractivity contribution is 6.22. The van der Waals surface area contributed by atoms with Gasteiger partial charge in [-0.3, -0.25) is 19.3 Å². The molecule has 4 atom stereocenters. The van der Waals surface area contributed by atoms with E-state index in [9.17, 15) is 29.7 Å². The molecular weight excluding hydrogens is 500 g/mol. The van der Waals surface area contributed by atoms with E-state index in [1.165, 1.54) is 0 Å². The molecule has 3 aliphatic carbocycles. The number of Topliss-reactive ketones (excluding diaryl/α,β-unsaturated/α-hetero) is 2. The van der Waals surface area contributed by atoms with Gasteiger partial charge in [-0.05, 0) is 55.8 Å². The smallest absolute Gasteiger partial charge is 0.255 e. The van der Waals surface area contributed by atoms with Gasteiger partial charge in [0.05, 0.1) is 17.5 Å². The maximum Gasteiger partial charge on any atom is 0.255 e. The standard InChI is InChI=1S/C29H40N4O6/c1-29(2,3)12-31-11-14-10-17(32(4)5)15-8-13-9-16-20(25(36)18(13)24(35)19(15)23(14)34)26(37)21(28(30)39)27(38)22(16)33(6)7/h10,13,16,20,22,31,34,36,38H,8-9,11-12H2,1-7H3,(H2,30,39)/t13?,16?,20?,22-/m1/s1. The van der Waals surface area contributed by atoms with Crippen LogP contribution in [0.2, 0.25) is 0 Å². The van der Waals surface area contributed by atoms with Crippen LogP contribution in [0.25, 0.3) is 0 Å². The van der Waals surface area contributed by atoms with Crippen molar-refractivity contribution in [1.29, 1.82) is 0 Å². The summed E-state index contributed by atoms with van der Waals surface area (Å²) in [6, 6.07) is 1.14. The third-order valence-electron chi connectivity index (χ3n) is 8.07. The van der Waals surface area contributed by atoms with E-state index < -0.39 is 58.4 Å². The van der Waals surface area contributed by atoms with E-state index in [0.29, 0.717) is 37.1 Å². The lowest BCUT2D eigenvalue weighted by molar-refractivity contribution is -0.127. The van der Waals surface area contributed by atoms with Gasteiger partial charge < -0.3 is 31.3 Å². The molecular formula is C29H40N4O6. The average molecular weight is 541 g/mol. The first-order chi connectivity index (χ1) is 18.1. The molecule has 0 aromatic heterocycles. The van der Waals surface area contributed by atoms with Crippen LogP contribution in [0.3, 0.4) is 0 Å². The number of phenols is 1. The lowest BCUT2D eigenvalue weighted by Gasteiger charge is -2.46. The van der Waals surface area contributed by atoms with E-state index in [1.807, 2.05) is 25.1 Å². The fourth-order valence-corrected chi connectivity index (χ4v) is 6.48. The molecule has 1 aromatic carbocycles. The molecule has 0 radical (unpaired) electrons. The lowest BCUT2D eigenvalue weighted by atomic mass is 9.60. The Bertz CT molecular complexity index is 1300. The highest BCUT2D eigenvalue weighted by Gasteiger charge is 2.54. The number of carbonyl (C=O) groups excluding carboxylic acids is 3. The minimum Gasteiger partial charge on any atom is -0.511 e. The molecule has 3 unspecified atom stereocenters. The Balaban J connectivity index is 1.85. The van der Waals surface area contributed by atoms with E-state index in [1.54, 1.807) is 19.0 Å². The molecule has 0 spiro atoms. The normalized spacial score (nSPS) is 25.0. The number of nitrogens with one attached hydrogen (secondary N) is 1. The quantitative estimate of drug-likeness (QED) is 0.341. The second-order valence-electron chi connectivity index (χ2n) is 12.6. The van der Waals surface area contributed by atoms with E-state index in [4.69, 9.17) is 5.73 Å². The molecule has 10 nitrogen and oxygen atoms in total. The van der Waals surface area contributed by atoms with Crippen LogP contribution < -0.4 is 16.0 Å². The minimum absolute atomic E-state index is 0.0239. The Kier molecular flexibility index (Phi) is 7.33. The van der Waals surface area contributed by atoms with Crippen molar-refractivity contribution in [2.24, 2.45) is 28.9 Å². The highest BCUT2D eigenvalue weighted by Crippen LogP contribution is 2.51. The summed E-state index contributed by atoms with van der Waals surface area (Å²) in [5, 5.41) is 37.0. The average Bonchev–Trinajstić information content (AvgIpc) is 2.78. The number of amides is 1. The van der Waals surface area contributed by atoms with E-state index in [2.05, 4.69) is 26.1 Å². The van der Waals surface area contributed by atoms with E-state index in [0.717, 1.165) is 5.69 Å². The zero-order valence-corrected chi connectivity index (χ0v) is 23.8. The molecule has 0 aliphatic heterocycles. The SMILES string of the molecule is CN(C)c1cc(CNCC(C)(C)C)c(O)c2c1CC1CC3C(C(=O)C(C(N)=O)=C(O)[C@@H]3N(C)C)C(O)=C1C2=O. The number of nitrogens with zero attached hydrogens (tertiary/aromatic N) is 2. The predicted molar refractivity (Wildman–Crippen MR) is 148 cm³/mol. The monoisotopic (exact) mass is 540 g/mol. The van der Waals surface area contributed by atoms with Gasteiger partial charge in [0.25, 0.3) is 5.91 Å². The van der Waals surface area contributed by atoms with Gasteiger partial charge in [-0.2, -0.15) is 0 Å². The number of phenolic OH excluding ortho intramolecular Hbond substituents is 1. The Morgan fingerprint density at radius 2 is 1.74 bits per heavy atom. The van der Waals surface area contributed by atoms with Crippen molar-refractivity contribution in [2.45, 2.75) is 46.2 Å². The molecule has 212 valence electrons. The first-order valence-corrected chi connectivity index (χ1v) is 13.2. The van der Waals surface area contributed by atoms with Gasteiger partial charge in [0.1, 0.15) is 22.8 Å². The number of primary amides is 1. The summed E-state index contributed by atoms with van der Waals surface area (Å²) in [4.78, 5) is 43.1. The second-order valence-corrected chi connectivity index (χ2v) is 12.6. The summed E-state index contributed by atoms with van der Waals surface area (Å²) in [7, 11) is 7.17. The van der Waals surface area contributed by atoms with Crippen LogP contribution in [0.5, 0.6) is 5.75 Å². The molecule has 0 saturated heterocycles. The molecule has 0 bridgehead atoms. The number of benzene rings is 1. The van der Waals surface area contributed by atoms with Crippen LogP contribution in [0.15, 0.2) is 28.7 Å². The summed E-state index contributed by atoms with van der Waals surface area (Å²) < 4.78 is 0. The van der Waals surface area contributed by atoms with Gasteiger partial charge in [0.15, 0.2) is 11.6 Å². The van der Waals surface area contributed by atoms with Crippen LogP contribution in [-0.2, 0) is 22.6 Å². The van der Waals surface area contributed by atoms with Gasteiger partial charge in [-0.25, -0.2) is 0 Å². The van der Waals surface area contributed by atoms with Gasteiger partial charge >= 0.3 is 0 Å². The van der Waals surface area contributed by atoms with E-state index in [-0.39, 0.29) is 22.3 Å². The van der Waals surface area contributed by atoms with Gasteiger partial charge in [-0.15, -0.1) is 0 Å².